The second-order valence-corrected chi connectivity index (χ2v) is 3.60. The summed E-state index contributed by atoms with van der Waals surface area (Å²) in [5, 5.41) is 0. The van der Waals surface area contributed by atoms with Crippen LogP contribution in [0.25, 0.3) is 0 Å². The van der Waals surface area contributed by atoms with Gasteiger partial charge in [0.05, 0.1) is 7.11 Å². The average molecular weight is 197 g/mol. The molecule has 2 unspecified atom stereocenters. The van der Waals surface area contributed by atoms with E-state index in [0.29, 0.717) is 11.3 Å². The number of hydrogen-bond donors (Lipinski definition) is 1. The van der Waals surface area contributed by atoms with E-state index in [2.05, 4.69) is 0 Å². The second-order valence-electron chi connectivity index (χ2n) is 3.60. The van der Waals surface area contributed by atoms with Gasteiger partial charge in [0.1, 0.15) is 11.4 Å². The first-order valence-corrected chi connectivity index (χ1v) is 4.57. The van der Waals surface area contributed by atoms with Gasteiger partial charge >= 0.3 is 0 Å². The predicted octanol–water partition coefficient (Wildman–Crippen LogP) is 2.23. The maximum absolute atomic E-state index is 14.1. The average Bonchev–Trinajstić information content (AvgIpc) is 2.17. The summed E-state index contributed by atoms with van der Waals surface area (Å²) < 4.78 is 19.1. The molecule has 2 N–H and O–H groups in total. The van der Waals surface area contributed by atoms with Crippen molar-refractivity contribution in [3.05, 3.63) is 29.8 Å². The van der Waals surface area contributed by atoms with E-state index in [0.717, 1.165) is 0 Å². The van der Waals surface area contributed by atoms with Crippen molar-refractivity contribution < 1.29 is 9.13 Å². The topological polar surface area (TPSA) is 35.2 Å². The van der Waals surface area contributed by atoms with Gasteiger partial charge < -0.3 is 10.5 Å². The van der Waals surface area contributed by atoms with Crippen LogP contribution < -0.4 is 10.5 Å². The molecule has 0 bridgehead atoms. The lowest BCUT2D eigenvalue weighted by atomic mass is 9.91. The first kappa shape index (κ1) is 11.0. The van der Waals surface area contributed by atoms with Gasteiger partial charge in [0.25, 0.3) is 0 Å². The third-order valence-electron chi connectivity index (χ3n) is 2.49. The van der Waals surface area contributed by atoms with Crippen LogP contribution >= 0.6 is 0 Å². The lowest BCUT2D eigenvalue weighted by molar-refractivity contribution is 0.157. The zero-order valence-electron chi connectivity index (χ0n) is 8.75. The van der Waals surface area contributed by atoms with Crippen molar-refractivity contribution in [2.75, 3.05) is 7.11 Å². The van der Waals surface area contributed by atoms with Gasteiger partial charge in [0.2, 0.25) is 0 Å². The Morgan fingerprint density at radius 2 is 2.14 bits per heavy atom. The lowest BCUT2D eigenvalue weighted by Crippen LogP contribution is -2.36. The maximum Gasteiger partial charge on any atom is 0.148 e. The summed E-state index contributed by atoms with van der Waals surface area (Å²) in [6.45, 7) is 3.13. The highest BCUT2D eigenvalue weighted by Gasteiger charge is 2.30. The van der Waals surface area contributed by atoms with Gasteiger partial charge in [-0.15, -0.1) is 0 Å². The van der Waals surface area contributed by atoms with E-state index >= 15 is 0 Å². The van der Waals surface area contributed by atoms with Crippen LogP contribution in [0.15, 0.2) is 24.3 Å². The molecule has 78 valence electrons. The van der Waals surface area contributed by atoms with Gasteiger partial charge in [-0.1, -0.05) is 12.1 Å². The number of rotatable bonds is 3. The Bertz CT molecular complexity index is 310. The van der Waals surface area contributed by atoms with E-state index < -0.39 is 11.7 Å². The molecule has 1 aromatic carbocycles. The number of hydrogen-bond acceptors (Lipinski definition) is 2. The zero-order chi connectivity index (χ0) is 10.8. The van der Waals surface area contributed by atoms with Crippen molar-refractivity contribution in [3.8, 4) is 5.75 Å². The molecule has 2 nitrogen and oxygen atoms in total. The monoisotopic (exact) mass is 197 g/mol. The van der Waals surface area contributed by atoms with Gasteiger partial charge in [-0.25, -0.2) is 4.39 Å². The van der Waals surface area contributed by atoms with Gasteiger partial charge in [-0.3, -0.25) is 0 Å². The van der Waals surface area contributed by atoms with Crippen molar-refractivity contribution in [1.29, 1.82) is 0 Å². The second kappa shape index (κ2) is 3.96. The number of benzene rings is 1. The molecule has 0 aliphatic carbocycles. The summed E-state index contributed by atoms with van der Waals surface area (Å²) in [5.74, 6) is 0.645. The van der Waals surface area contributed by atoms with Crippen LogP contribution in [-0.4, -0.2) is 13.2 Å². The van der Waals surface area contributed by atoms with E-state index in [-0.39, 0.29) is 0 Å². The molecule has 0 fully saturated rings. The van der Waals surface area contributed by atoms with Gasteiger partial charge in [0, 0.05) is 6.04 Å². The van der Waals surface area contributed by atoms with Gasteiger partial charge in [0.15, 0.2) is 0 Å². The fourth-order valence-electron chi connectivity index (χ4n) is 1.19. The molecule has 1 aromatic rings. The van der Waals surface area contributed by atoms with Gasteiger partial charge in [-0.05, 0) is 31.5 Å². The molecule has 0 aromatic heterocycles. The molecular weight excluding hydrogens is 181 g/mol. The molecule has 14 heavy (non-hydrogen) atoms. The Kier molecular flexibility index (Phi) is 3.11. The Morgan fingerprint density at radius 1 is 1.50 bits per heavy atom. The molecular formula is C11H16FNO. The molecule has 0 aliphatic heterocycles. The van der Waals surface area contributed by atoms with Crippen molar-refractivity contribution in [2.45, 2.75) is 25.6 Å². The molecule has 0 saturated heterocycles. The first-order valence-electron chi connectivity index (χ1n) is 4.57. The minimum atomic E-state index is -1.52. The van der Waals surface area contributed by atoms with Gasteiger partial charge in [-0.2, -0.15) is 0 Å². The summed E-state index contributed by atoms with van der Waals surface area (Å²) in [6.07, 6.45) is 0. The number of nitrogens with two attached hydrogens (primary N) is 1. The minimum Gasteiger partial charge on any atom is -0.497 e. The molecule has 2 atom stereocenters. The van der Waals surface area contributed by atoms with Crippen LogP contribution in [0.4, 0.5) is 4.39 Å². The Morgan fingerprint density at radius 3 is 2.64 bits per heavy atom. The maximum atomic E-state index is 14.1. The smallest absolute Gasteiger partial charge is 0.148 e. The third kappa shape index (κ3) is 2.04. The van der Waals surface area contributed by atoms with E-state index in [1.54, 1.807) is 38.3 Å². The number of halogens is 1. The van der Waals surface area contributed by atoms with Crippen LogP contribution in [0.5, 0.6) is 5.75 Å². The van der Waals surface area contributed by atoms with Crippen molar-refractivity contribution in [1.82, 2.24) is 0 Å². The molecule has 0 heterocycles. The van der Waals surface area contributed by atoms with Crippen molar-refractivity contribution in [3.63, 3.8) is 0 Å². The molecule has 3 heteroatoms. The molecule has 0 aliphatic rings. The van der Waals surface area contributed by atoms with Crippen molar-refractivity contribution in [2.24, 2.45) is 5.73 Å². The van der Waals surface area contributed by atoms with Crippen LogP contribution in [0.1, 0.15) is 19.4 Å². The highest BCUT2D eigenvalue weighted by atomic mass is 19.1. The summed E-state index contributed by atoms with van der Waals surface area (Å²) in [5.41, 5.74) is 4.61. The minimum absolute atomic E-state index is 0.547. The predicted molar refractivity (Wildman–Crippen MR) is 55.1 cm³/mol. The fraction of sp³-hybridized carbons (Fsp3) is 0.455. The van der Waals surface area contributed by atoms with Crippen molar-refractivity contribution >= 4 is 0 Å². The number of methoxy groups -OCH3 is 1. The summed E-state index contributed by atoms with van der Waals surface area (Å²) >= 11 is 0. The number of ether oxygens (including phenoxy) is 1. The Balaban J connectivity index is 3.06. The van der Waals surface area contributed by atoms with Crippen LogP contribution in [0.2, 0.25) is 0 Å². The highest BCUT2D eigenvalue weighted by Crippen LogP contribution is 2.30. The Hall–Kier alpha value is -1.09. The zero-order valence-corrected chi connectivity index (χ0v) is 8.75. The quantitative estimate of drug-likeness (QED) is 0.806. The molecule has 0 saturated carbocycles. The van der Waals surface area contributed by atoms with E-state index in [1.807, 2.05) is 0 Å². The van der Waals surface area contributed by atoms with Crippen LogP contribution in [0, 0.1) is 0 Å². The standard InChI is InChI=1S/C11H16FNO/c1-8(13)11(2,12)9-5-4-6-10(7-9)14-3/h4-8H,13H2,1-3H3. The van der Waals surface area contributed by atoms with Crippen LogP contribution in [0.3, 0.4) is 0 Å². The molecule has 0 radical (unpaired) electrons. The molecule has 0 amide bonds. The first-order chi connectivity index (χ1) is 6.48. The normalized spacial score (nSPS) is 17.2. The van der Waals surface area contributed by atoms with E-state index in [4.69, 9.17) is 10.5 Å². The largest absolute Gasteiger partial charge is 0.497 e. The Labute approximate surface area is 83.9 Å². The molecule has 0 spiro atoms. The fourth-order valence-corrected chi connectivity index (χ4v) is 1.19. The molecule has 1 rings (SSSR count). The summed E-state index contributed by atoms with van der Waals surface area (Å²) in [4.78, 5) is 0. The summed E-state index contributed by atoms with van der Waals surface area (Å²) in [7, 11) is 1.56. The highest BCUT2D eigenvalue weighted by molar-refractivity contribution is 5.32. The third-order valence-corrected chi connectivity index (χ3v) is 2.49. The van der Waals surface area contributed by atoms with E-state index in [9.17, 15) is 4.39 Å². The summed E-state index contributed by atoms with van der Waals surface area (Å²) in [6, 6.07) is 6.37. The SMILES string of the molecule is COc1cccc(C(C)(F)C(C)N)c1. The van der Waals surface area contributed by atoms with E-state index in [1.165, 1.54) is 6.92 Å². The lowest BCUT2D eigenvalue weighted by Gasteiger charge is -2.25. The van der Waals surface area contributed by atoms with Crippen LogP contribution in [-0.2, 0) is 5.67 Å². The number of alkyl halides is 1.